The van der Waals surface area contributed by atoms with E-state index in [0.29, 0.717) is 10.7 Å². The number of benzene rings is 2. The number of halogens is 2. The number of nitrogen functional groups attached to an aromatic ring is 1. The van der Waals surface area contributed by atoms with Gasteiger partial charge in [0.25, 0.3) is 0 Å². The Bertz CT molecular complexity index is 689. The van der Waals surface area contributed by atoms with Crippen molar-refractivity contribution in [1.82, 2.24) is 0 Å². The Morgan fingerprint density at radius 3 is 2.65 bits per heavy atom. The number of hydrogen-bond acceptors (Lipinski definition) is 3. The number of anilines is 3. The number of carboxylic acid groups (broad SMARTS) is 1. The van der Waals surface area contributed by atoms with E-state index in [1.165, 1.54) is 0 Å². The minimum Gasteiger partial charge on any atom is -0.478 e. The van der Waals surface area contributed by atoms with Crippen molar-refractivity contribution in [3.05, 3.63) is 52.3 Å². The summed E-state index contributed by atoms with van der Waals surface area (Å²) in [6.45, 7) is 1.86. The molecule has 0 radical (unpaired) electrons. The predicted octanol–water partition coefficient (Wildman–Crippen LogP) is 3.81. The first kappa shape index (κ1) is 14.1. The lowest BCUT2D eigenvalue weighted by atomic mass is 10.1. The Balaban J connectivity index is 2.42. The number of hydrogen-bond donors (Lipinski definition) is 3. The van der Waals surface area contributed by atoms with Crippen molar-refractivity contribution in [3.63, 3.8) is 0 Å². The van der Waals surface area contributed by atoms with Crippen molar-refractivity contribution in [2.24, 2.45) is 0 Å². The molecular formula is C14H12ClFN2O2. The maximum atomic E-state index is 13.7. The summed E-state index contributed by atoms with van der Waals surface area (Å²) < 4.78 is 13.7. The van der Waals surface area contributed by atoms with Crippen molar-refractivity contribution in [2.45, 2.75) is 6.92 Å². The average Bonchev–Trinajstić information content (AvgIpc) is 2.37. The van der Waals surface area contributed by atoms with E-state index in [1.54, 1.807) is 12.1 Å². The van der Waals surface area contributed by atoms with Crippen molar-refractivity contribution in [2.75, 3.05) is 11.1 Å². The van der Waals surface area contributed by atoms with Crippen LogP contribution in [0.4, 0.5) is 21.5 Å². The molecule has 0 aromatic heterocycles. The molecule has 104 valence electrons. The summed E-state index contributed by atoms with van der Waals surface area (Å²) in [4.78, 5) is 10.8. The monoisotopic (exact) mass is 294 g/mol. The first-order valence-corrected chi connectivity index (χ1v) is 6.12. The van der Waals surface area contributed by atoms with Crippen LogP contribution in [-0.4, -0.2) is 11.1 Å². The lowest BCUT2D eigenvalue weighted by Crippen LogP contribution is -2.05. The van der Waals surface area contributed by atoms with Gasteiger partial charge in [-0.25, -0.2) is 9.18 Å². The molecule has 0 aliphatic rings. The maximum absolute atomic E-state index is 13.7. The fourth-order valence-corrected chi connectivity index (χ4v) is 1.91. The number of carbonyl (C=O) groups is 1. The van der Waals surface area contributed by atoms with Gasteiger partial charge in [0.2, 0.25) is 0 Å². The van der Waals surface area contributed by atoms with Crippen LogP contribution in [0.15, 0.2) is 30.3 Å². The van der Waals surface area contributed by atoms with Gasteiger partial charge < -0.3 is 16.2 Å². The highest BCUT2D eigenvalue weighted by molar-refractivity contribution is 6.30. The summed E-state index contributed by atoms with van der Waals surface area (Å²) in [5.74, 6) is -2.21. The van der Waals surface area contributed by atoms with Crippen molar-refractivity contribution < 1.29 is 14.3 Å². The molecule has 0 saturated carbocycles. The first-order valence-electron chi connectivity index (χ1n) is 5.74. The van der Waals surface area contributed by atoms with Gasteiger partial charge in [-0.2, -0.15) is 0 Å². The van der Waals surface area contributed by atoms with Gasteiger partial charge in [0.1, 0.15) is 5.82 Å². The van der Waals surface area contributed by atoms with Gasteiger partial charge in [-0.05, 0) is 30.7 Å². The van der Waals surface area contributed by atoms with Crippen LogP contribution in [0.5, 0.6) is 0 Å². The van der Waals surface area contributed by atoms with Crippen LogP contribution >= 0.6 is 11.6 Å². The van der Waals surface area contributed by atoms with Gasteiger partial charge in [0.15, 0.2) is 0 Å². The quantitative estimate of drug-likeness (QED) is 0.752. The van der Waals surface area contributed by atoms with E-state index < -0.39 is 17.3 Å². The second-order valence-electron chi connectivity index (χ2n) is 4.31. The summed E-state index contributed by atoms with van der Waals surface area (Å²) in [7, 11) is 0. The molecular weight excluding hydrogens is 283 g/mol. The molecule has 0 spiro atoms. The minimum absolute atomic E-state index is 0.142. The van der Waals surface area contributed by atoms with E-state index in [4.69, 9.17) is 22.4 Å². The molecule has 0 atom stereocenters. The molecule has 2 aromatic carbocycles. The summed E-state index contributed by atoms with van der Waals surface area (Å²) in [6.07, 6.45) is 0. The number of aryl methyl sites for hydroxylation is 1. The fraction of sp³-hybridized carbons (Fsp3) is 0.0714. The summed E-state index contributed by atoms with van der Waals surface area (Å²) in [5.41, 5.74) is 7.28. The second-order valence-corrected chi connectivity index (χ2v) is 4.75. The number of nitrogens with one attached hydrogen (secondary N) is 1. The first-order chi connectivity index (χ1) is 9.38. The van der Waals surface area contributed by atoms with Crippen molar-refractivity contribution in [1.29, 1.82) is 0 Å². The normalized spacial score (nSPS) is 10.3. The van der Waals surface area contributed by atoms with E-state index in [0.717, 1.165) is 17.7 Å². The topological polar surface area (TPSA) is 75.3 Å². The Morgan fingerprint density at radius 2 is 2.00 bits per heavy atom. The van der Waals surface area contributed by atoms with Gasteiger partial charge in [-0.15, -0.1) is 0 Å². The van der Waals surface area contributed by atoms with Crippen molar-refractivity contribution in [3.8, 4) is 0 Å². The second kappa shape index (κ2) is 5.38. The average molecular weight is 295 g/mol. The van der Waals surface area contributed by atoms with Crippen LogP contribution in [0.3, 0.4) is 0 Å². The van der Waals surface area contributed by atoms with Gasteiger partial charge in [-0.1, -0.05) is 17.7 Å². The largest absolute Gasteiger partial charge is 0.478 e. The van der Waals surface area contributed by atoms with Crippen LogP contribution in [0.2, 0.25) is 5.02 Å². The van der Waals surface area contributed by atoms with Gasteiger partial charge in [0.05, 0.1) is 16.9 Å². The van der Waals surface area contributed by atoms with Crippen LogP contribution in [0.25, 0.3) is 0 Å². The fourth-order valence-electron chi connectivity index (χ4n) is 1.74. The molecule has 0 unspecified atom stereocenters. The molecule has 0 aliphatic heterocycles. The molecule has 20 heavy (non-hydrogen) atoms. The lowest BCUT2D eigenvalue weighted by molar-refractivity contribution is 0.0692. The zero-order valence-corrected chi connectivity index (χ0v) is 11.3. The number of carboxylic acids is 1. The van der Waals surface area contributed by atoms with E-state index in [9.17, 15) is 9.18 Å². The molecule has 0 heterocycles. The van der Waals surface area contributed by atoms with E-state index in [2.05, 4.69) is 5.32 Å². The van der Waals surface area contributed by atoms with Crippen LogP contribution < -0.4 is 11.1 Å². The summed E-state index contributed by atoms with van der Waals surface area (Å²) >= 11 is 5.90. The maximum Gasteiger partial charge on any atom is 0.338 e. The smallest absolute Gasteiger partial charge is 0.338 e. The highest BCUT2D eigenvalue weighted by Gasteiger charge is 2.14. The molecule has 0 aliphatic carbocycles. The van der Waals surface area contributed by atoms with Crippen LogP contribution in [0.1, 0.15) is 15.9 Å². The molecule has 2 aromatic rings. The zero-order valence-electron chi connectivity index (χ0n) is 10.6. The Hall–Kier alpha value is -2.27. The SMILES string of the molecule is Cc1ccc(Cl)cc1Nc1cc(F)c(C(=O)O)cc1N. The number of nitrogens with two attached hydrogens (primary N) is 1. The summed E-state index contributed by atoms with van der Waals surface area (Å²) in [6, 6.07) is 7.36. The van der Waals surface area contributed by atoms with Gasteiger partial charge in [0, 0.05) is 16.8 Å². The molecule has 0 bridgehead atoms. The Labute approximate surface area is 120 Å². The molecule has 2 rings (SSSR count). The summed E-state index contributed by atoms with van der Waals surface area (Å²) in [5, 5.41) is 12.3. The Kier molecular flexibility index (Phi) is 3.81. The van der Waals surface area contributed by atoms with Crippen LogP contribution in [0, 0.1) is 12.7 Å². The highest BCUT2D eigenvalue weighted by atomic mass is 35.5. The van der Waals surface area contributed by atoms with E-state index >= 15 is 0 Å². The highest BCUT2D eigenvalue weighted by Crippen LogP contribution is 2.29. The van der Waals surface area contributed by atoms with Gasteiger partial charge in [-0.3, -0.25) is 0 Å². The standard InChI is InChI=1S/C14H12ClFN2O2/c1-7-2-3-8(15)4-12(7)18-13-6-10(16)9(14(19)20)5-11(13)17/h2-6,18H,17H2,1H3,(H,19,20). The third-order valence-corrected chi connectivity index (χ3v) is 3.07. The lowest BCUT2D eigenvalue weighted by Gasteiger charge is -2.13. The van der Waals surface area contributed by atoms with Crippen molar-refractivity contribution >= 4 is 34.6 Å². The molecule has 0 fully saturated rings. The molecule has 0 saturated heterocycles. The third-order valence-electron chi connectivity index (χ3n) is 2.84. The third kappa shape index (κ3) is 2.83. The Morgan fingerprint density at radius 1 is 1.30 bits per heavy atom. The van der Waals surface area contributed by atoms with Crippen LogP contribution in [-0.2, 0) is 0 Å². The molecule has 0 amide bonds. The molecule has 6 heteroatoms. The predicted molar refractivity (Wildman–Crippen MR) is 77.2 cm³/mol. The van der Waals surface area contributed by atoms with E-state index in [1.807, 2.05) is 13.0 Å². The number of aromatic carboxylic acids is 1. The molecule has 4 N–H and O–H groups in total. The zero-order chi connectivity index (χ0) is 14.9. The van der Waals surface area contributed by atoms with E-state index in [-0.39, 0.29) is 11.4 Å². The number of rotatable bonds is 3. The molecule has 4 nitrogen and oxygen atoms in total. The van der Waals surface area contributed by atoms with Gasteiger partial charge >= 0.3 is 5.97 Å². The minimum atomic E-state index is -1.36.